The van der Waals surface area contributed by atoms with Gasteiger partial charge in [0.25, 0.3) is 5.91 Å². The molecule has 1 aromatic heterocycles. The average molecular weight is 628 g/mol. The van der Waals surface area contributed by atoms with Crippen LogP contribution in [0.15, 0.2) is 60.1 Å². The fourth-order valence-corrected chi connectivity index (χ4v) is 4.86. The summed E-state index contributed by atoms with van der Waals surface area (Å²) in [7, 11) is 1.15. The molecular weight excluding hydrogens is 596 g/mol. The van der Waals surface area contributed by atoms with Crippen LogP contribution in [0.4, 0.5) is 30.6 Å². The molecule has 3 aromatic rings. The molecule has 0 radical (unpaired) electrons. The van der Waals surface area contributed by atoms with E-state index in [1.165, 1.54) is 37.4 Å². The predicted molar refractivity (Wildman–Crippen MR) is 163 cm³/mol. The molecule has 2 unspecified atom stereocenters. The van der Waals surface area contributed by atoms with Crippen LogP contribution in [0.1, 0.15) is 44.8 Å². The first-order valence-electron chi connectivity index (χ1n) is 13.6. The number of benzene rings is 2. The minimum atomic E-state index is -0.875. The number of fused-ring (bicyclic) bond motifs is 4. The van der Waals surface area contributed by atoms with E-state index in [9.17, 15) is 18.8 Å². The van der Waals surface area contributed by atoms with E-state index >= 15 is 4.39 Å². The van der Waals surface area contributed by atoms with Gasteiger partial charge in [0.05, 0.1) is 46.6 Å². The lowest BCUT2D eigenvalue weighted by Crippen LogP contribution is -2.38. The second kappa shape index (κ2) is 13.7. The maximum atomic E-state index is 15.7. The molecule has 44 heavy (non-hydrogen) atoms. The molecule has 2 bridgehead atoms. The number of nitrogens with one attached hydrogen (secondary N) is 3. The Bertz CT molecular complexity index is 1630. The zero-order valence-electron chi connectivity index (χ0n) is 24.2. The van der Waals surface area contributed by atoms with E-state index in [4.69, 9.17) is 23.2 Å². The van der Waals surface area contributed by atoms with E-state index in [-0.39, 0.29) is 33.5 Å². The first-order chi connectivity index (χ1) is 20.9. The smallest absolute Gasteiger partial charge is 0.411 e. The Hall–Kier alpha value is -4.75. The number of hydrogen-bond acceptors (Lipinski definition) is 8. The molecule has 7 N–H and O–H groups in total. The third kappa shape index (κ3) is 6.90. The molecule has 3 amide bonds. The quantitative estimate of drug-likeness (QED) is 0.144. The van der Waals surface area contributed by atoms with Crippen molar-refractivity contribution in [1.29, 1.82) is 0 Å². The van der Waals surface area contributed by atoms with Crippen LogP contribution in [0, 0.1) is 17.6 Å². The number of carbonyl (C=O) groups excluding carboxylic acids is 3. The van der Waals surface area contributed by atoms with E-state index in [1.54, 1.807) is 25.1 Å². The van der Waals surface area contributed by atoms with Gasteiger partial charge in [0.15, 0.2) is 11.6 Å². The summed E-state index contributed by atoms with van der Waals surface area (Å²) in [6, 6.07) is 9.79. The maximum Gasteiger partial charge on any atom is 0.411 e. The first kappa shape index (κ1) is 32.2. The van der Waals surface area contributed by atoms with Crippen LogP contribution in [0.5, 0.6) is 0 Å². The maximum absolute atomic E-state index is 15.7. The summed E-state index contributed by atoms with van der Waals surface area (Å²) < 4.78 is 34.8. The molecule has 2 atom stereocenters. The van der Waals surface area contributed by atoms with Gasteiger partial charge < -0.3 is 21.1 Å². The third-order valence-corrected chi connectivity index (χ3v) is 7.62. The van der Waals surface area contributed by atoms with Gasteiger partial charge in [0, 0.05) is 17.7 Å². The van der Waals surface area contributed by atoms with E-state index in [0.29, 0.717) is 36.1 Å². The van der Waals surface area contributed by atoms with Crippen molar-refractivity contribution in [2.45, 2.75) is 39.2 Å². The molecule has 1 aliphatic rings. The van der Waals surface area contributed by atoms with Gasteiger partial charge in [-0.3, -0.25) is 24.9 Å². The molecule has 14 heteroatoms. The van der Waals surface area contributed by atoms with Crippen LogP contribution in [0.2, 0.25) is 5.02 Å². The molecular formula is C30H32ClF2N7O4. The van der Waals surface area contributed by atoms with Crippen LogP contribution in [-0.4, -0.2) is 30.0 Å². The standard InChI is InChI=1S/C30H32ClF2N7O4/c1-15-6-4-8-20(37-29(42)26(34)16(2)40(35)23-9-5-7-19(31)24(23)32)22-14-17(12-13-36-22)18-10-11-21(38-30(43)44-3)25(33)27(18)39-28(15)41/h5,7,9-15,20H,4,6,8,34-35H2,1-3H3,(H,37,42)(H,38,43)(H,39,41)/b26-16-. The van der Waals surface area contributed by atoms with Gasteiger partial charge in [-0.1, -0.05) is 37.1 Å². The Morgan fingerprint density at radius 1 is 1.16 bits per heavy atom. The Labute approximate surface area is 257 Å². The summed E-state index contributed by atoms with van der Waals surface area (Å²) in [5.41, 5.74) is 6.86. The predicted octanol–water partition coefficient (Wildman–Crippen LogP) is 5.34. The normalized spacial score (nSPS) is 17.1. The highest BCUT2D eigenvalue weighted by Crippen LogP contribution is 2.37. The van der Waals surface area contributed by atoms with Gasteiger partial charge in [0.1, 0.15) is 5.70 Å². The molecule has 4 rings (SSSR count). The molecule has 2 heterocycles. The number of carbonyl (C=O) groups is 3. The number of ether oxygens (including phenoxy) is 1. The van der Waals surface area contributed by atoms with Gasteiger partial charge in [0.2, 0.25) is 5.91 Å². The lowest BCUT2D eigenvalue weighted by molar-refractivity contribution is -0.120. The zero-order chi connectivity index (χ0) is 32.1. The Morgan fingerprint density at radius 3 is 2.64 bits per heavy atom. The van der Waals surface area contributed by atoms with E-state index in [1.807, 2.05) is 0 Å². The SMILES string of the molecule is COC(=O)Nc1ccc2c(c1F)NC(=O)C(C)CCCC(NC(=O)/C(N)=C(\C)N(N)c1cccc(Cl)c1F)c1cc-2ccn1. The molecule has 0 saturated carbocycles. The van der Waals surface area contributed by atoms with Gasteiger partial charge >= 0.3 is 6.09 Å². The number of aromatic nitrogens is 1. The Kier molecular flexibility index (Phi) is 10.0. The number of pyridine rings is 1. The first-order valence-corrected chi connectivity index (χ1v) is 14.0. The highest BCUT2D eigenvalue weighted by atomic mass is 35.5. The second-order valence-electron chi connectivity index (χ2n) is 10.2. The lowest BCUT2D eigenvalue weighted by atomic mass is 9.95. The van der Waals surface area contributed by atoms with Crippen LogP contribution >= 0.6 is 11.6 Å². The number of rotatable bonds is 5. The largest absolute Gasteiger partial charge is 0.453 e. The number of nitrogens with two attached hydrogens (primary N) is 2. The van der Waals surface area contributed by atoms with Crippen molar-refractivity contribution in [2.75, 3.05) is 22.8 Å². The number of nitrogens with zero attached hydrogens (tertiary/aromatic N) is 2. The summed E-state index contributed by atoms with van der Waals surface area (Å²) in [4.78, 5) is 42.6. The number of anilines is 3. The molecule has 0 fully saturated rings. The number of amides is 3. The second-order valence-corrected chi connectivity index (χ2v) is 10.6. The number of halogens is 3. The van der Waals surface area contributed by atoms with Crippen molar-refractivity contribution >= 4 is 46.6 Å². The highest BCUT2D eigenvalue weighted by Gasteiger charge is 2.26. The van der Waals surface area contributed by atoms with Crippen LogP contribution < -0.4 is 32.5 Å². The number of allylic oxidation sites excluding steroid dienone is 1. The van der Waals surface area contributed by atoms with Crippen molar-refractivity contribution in [3.63, 3.8) is 0 Å². The summed E-state index contributed by atoms with van der Waals surface area (Å²) >= 11 is 5.88. The van der Waals surface area contributed by atoms with Crippen molar-refractivity contribution in [2.24, 2.45) is 17.5 Å². The fourth-order valence-electron chi connectivity index (χ4n) is 4.69. The number of hydrogen-bond donors (Lipinski definition) is 5. The van der Waals surface area contributed by atoms with Crippen molar-refractivity contribution in [3.8, 4) is 11.1 Å². The molecule has 0 aliphatic carbocycles. The van der Waals surface area contributed by atoms with Gasteiger partial charge in [-0.25, -0.2) is 19.4 Å². The van der Waals surface area contributed by atoms with Gasteiger partial charge in [-0.05, 0) is 55.7 Å². The van der Waals surface area contributed by atoms with Crippen molar-refractivity contribution in [3.05, 3.63) is 82.4 Å². The summed E-state index contributed by atoms with van der Waals surface area (Å²) in [6.07, 6.45) is 1.91. The topological polar surface area (TPSA) is 165 Å². The molecule has 2 aromatic carbocycles. The summed E-state index contributed by atoms with van der Waals surface area (Å²) in [5.74, 6) is 2.83. The number of methoxy groups -OCH3 is 1. The van der Waals surface area contributed by atoms with Crippen molar-refractivity contribution in [1.82, 2.24) is 10.3 Å². The molecule has 232 valence electrons. The Balaban J connectivity index is 1.71. The molecule has 1 aliphatic heterocycles. The Morgan fingerprint density at radius 2 is 1.91 bits per heavy atom. The highest BCUT2D eigenvalue weighted by molar-refractivity contribution is 6.31. The minimum Gasteiger partial charge on any atom is -0.453 e. The summed E-state index contributed by atoms with van der Waals surface area (Å²) in [5, 5.41) is 8.63. The zero-order valence-corrected chi connectivity index (χ0v) is 25.0. The fraction of sp³-hybridized carbons (Fsp3) is 0.267. The average Bonchev–Trinajstić information content (AvgIpc) is 3.02. The van der Waals surface area contributed by atoms with Gasteiger partial charge in [-0.2, -0.15) is 0 Å². The number of hydrazine groups is 1. The molecule has 11 nitrogen and oxygen atoms in total. The van der Waals surface area contributed by atoms with Crippen LogP contribution in [0.3, 0.4) is 0 Å². The van der Waals surface area contributed by atoms with E-state index in [0.717, 1.165) is 12.1 Å². The summed E-state index contributed by atoms with van der Waals surface area (Å²) in [6.45, 7) is 3.17. The molecule has 0 saturated heterocycles. The molecule has 0 spiro atoms. The third-order valence-electron chi connectivity index (χ3n) is 7.33. The van der Waals surface area contributed by atoms with Crippen LogP contribution in [0.25, 0.3) is 11.1 Å². The monoisotopic (exact) mass is 627 g/mol. The lowest BCUT2D eigenvalue weighted by Gasteiger charge is -2.24. The van der Waals surface area contributed by atoms with E-state index in [2.05, 4.69) is 25.7 Å². The van der Waals surface area contributed by atoms with Crippen LogP contribution in [-0.2, 0) is 14.3 Å². The minimum absolute atomic E-state index is 0.0737. The van der Waals surface area contributed by atoms with Gasteiger partial charge in [-0.15, -0.1) is 0 Å². The van der Waals surface area contributed by atoms with E-state index < -0.39 is 41.5 Å². The van der Waals surface area contributed by atoms with Crippen molar-refractivity contribution < 1.29 is 27.9 Å².